The van der Waals surface area contributed by atoms with Crippen LogP contribution in [0.15, 0.2) is 55.2 Å². The smallest absolute Gasteiger partial charge is 0.228 e. The zero-order chi connectivity index (χ0) is 20.2. The number of amides is 1. The minimum Gasteiger partial charge on any atom is -0.308 e. The molecule has 3 aromatic rings. The SMILES string of the molecule is CSC(CC(=O)N(CC1CC1)c1cn(-c2cccnc2)nc1Cl)c1cccnc1. The van der Waals surface area contributed by atoms with Crippen molar-refractivity contribution in [1.29, 1.82) is 0 Å². The van der Waals surface area contributed by atoms with Crippen LogP contribution in [0.5, 0.6) is 0 Å². The lowest BCUT2D eigenvalue weighted by Crippen LogP contribution is -2.33. The van der Waals surface area contributed by atoms with Crippen LogP contribution in [-0.2, 0) is 4.79 Å². The lowest BCUT2D eigenvalue weighted by molar-refractivity contribution is -0.118. The molecule has 1 amide bonds. The Labute approximate surface area is 179 Å². The molecular weight excluding hydrogens is 406 g/mol. The predicted molar refractivity (Wildman–Crippen MR) is 117 cm³/mol. The van der Waals surface area contributed by atoms with Crippen LogP contribution >= 0.6 is 23.4 Å². The molecule has 1 aliphatic rings. The Morgan fingerprint density at radius 3 is 2.66 bits per heavy atom. The number of carbonyl (C=O) groups is 1. The number of nitrogens with zero attached hydrogens (tertiary/aromatic N) is 5. The van der Waals surface area contributed by atoms with Crippen molar-refractivity contribution in [2.24, 2.45) is 5.92 Å². The Balaban J connectivity index is 1.59. The van der Waals surface area contributed by atoms with Gasteiger partial charge in [0.2, 0.25) is 5.91 Å². The summed E-state index contributed by atoms with van der Waals surface area (Å²) in [5.41, 5.74) is 2.51. The van der Waals surface area contributed by atoms with Crippen LogP contribution in [0.3, 0.4) is 0 Å². The maximum Gasteiger partial charge on any atom is 0.228 e. The first-order chi connectivity index (χ1) is 14.2. The molecule has 0 aromatic carbocycles. The fraction of sp³-hybridized carbons (Fsp3) is 0.333. The molecule has 1 aliphatic carbocycles. The standard InChI is InChI=1S/C21H22ClN5OS/c1-29-19(16-4-2-8-23-11-16)10-20(28)26(13-15-6-7-15)18-14-27(25-21(18)22)17-5-3-9-24-12-17/h2-5,8-9,11-12,14-15,19H,6-7,10,13H2,1H3. The lowest BCUT2D eigenvalue weighted by atomic mass is 10.1. The summed E-state index contributed by atoms with van der Waals surface area (Å²) in [6, 6.07) is 7.66. The van der Waals surface area contributed by atoms with Crippen molar-refractivity contribution in [3.8, 4) is 5.69 Å². The zero-order valence-corrected chi connectivity index (χ0v) is 17.7. The molecule has 1 fully saturated rings. The number of anilines is 1. The number of carbonyl (C=O) groups excluding carboxylic acids is 1. The van der Waals surface area contributed by atoms with Gasteiger partial charge in [-0.2, -0.15) is 16.9 Å². The normalized spacial score (nSPS) is 14.6. The number of halogens is 1. The first-order valence-electron chi connectivity index (χ1n) is 9.54. The zero-order valence-electron chi connectivity index (χ0n) is 16.1. The van der Waals surface area contributed by atoms with Crippen molar-refractivity contribution >= 4 is 35.0 Å². The molecule has 6 nitrogen and oxygen atoms in total. The molecule has 8 heteroatoms. The minimum atomic E-state index is 0.0463. The topological polar surface area (TPSA) is 63.9 Å². The van der Waals surface area contributed by atoms with E-state index in [9.17, 15) is 4.79 Å². The van der Waals surface area contributed by atoms with E-state index in [2.05, 4.69) is 15.1 Å². The van der Waals surface area contributed by atoms with Gasteiger partial charge in [0.05, 0.1) is 18.1 Å². The van der Waals surface area contributed by atoms with Crippen molar-refractivity contribution < 1.29 is 4.79 Å². The van der Waals surface area contributed by atoms with Gasteiger partial charge in [-0.05, 0) is 48.8 Å². The molecular formula is C21H22ClN5OS. The Kier molecular flexibility index (Phi) is 6.16. The number of rotatable bonds is 8. The van der Waals surface area contributed by atoms with Crippen molar-refractivity contribution in [3.63, 3.8) is 0 Å². The molecule has 1 unspecified atom stereocenters. The maximum absolute atomic E-state index is 13.3. The third kappa shape index (κ3) is 4.79. The predicted octanol–water partition coefficient (Wildman–Crippen LogP) is 4.55. The molecule has 0 saturated heterocycles. The average molecular weight is 428 g/mol. The van der Waals surface area contributed by atoms with Crippen molar-refractivity contribution in [2.45, 2.75) is 24.5 Å². The van der Waals surface area contributed by atoms with E-state index in [0.29, 0.717) is 29.7 Å². The summed E-state index contributed by atoms with van der Waals surface area (Å²) in [6.07, 6.45) is 13.5. The van der Waals surface area contributed by atoms with E-state index < -0.39 is 0 Å². The van der Waals surface area contributed by atoms with Crippen LogP contribution in [0.2, 0.25) is 5.15 Å². The van der Waals surface area contributed by atoms with Gasteiger partial charge in [-0.3, -0.25) is 14.8 Å². The Bertz CT molecular complexity index is 962. The number of pyridine rings is 2. The molecule has 150 valence electrons. The highest BCUT2D eigenvalue weighted by molar-refractivity contribution is 7.98. The van der Waals surface area contributed by atoms with Crippen molar-refractivity contribution in [2.75, 3.05) is 17.7 Å². The van der Waals surface area contributed by atoms with E-state index in [-0.39, 0.29) is 11.2 Å². The Hall–Kier alpha value is -2.38. The van der Waals surface area contributed by atoms with Gasteiger partial charge in [0.15, 0.2) is 5.15 Å². The summed E-state index contributed by atoms with van der Waals surface area (Å²) in [5, 5.41) is 4.77. The van der Waals surface area contributed by atoms with E-state index in [4.69, 9.17) is 11.6 Å². The Morgan fingerprint density at radius 1 is 1.28 bits per heavy atom. The van der Waals surface area contributed by atoms with Crippen molar-refractivity contribution in [3.05, 3.63) is 66.0 Å². The molecule has 3 heterocycles. The second-order valence-corrected chi connectivity index (χ2v) is 8.52. The first-order valence-corrected chi connectivity index (χ1v) is 11.2. The van der Waals surface area contributed by atoms with Gasteiger partial charge >= 0.3 is 0 Å². The van der Waals surface area contributed by atoms with E-state index in [1.165, 1.54) is 0 Å². The fourth-order valence-electron chi connectivity index (χ4n) is 3.21. The van der Waals surface area contributed by atoms with Gasteiger partial charge in [0.25, 0.3) is 0 Å². The number of hydrogen-bond acceptors (Lipinski definition) is 5. The summed E-state index contributed by atoms with van der Waals surface area (Å²) in [5.74, 6) is 0.579. The van der Waals surface area contributed by atoms with Gasteiger partial charge in [-0.15, -0.1) is 0 Å². The summed E-state index contributed by atoms with van der Waals surface area (Å²) < 4.78 is 1.67. The quantitative estimate of drug-likeness (QED) is 0.527. The highest BCUT2D eigenvalue weighted by atomic mass is 35.5. The van der Waals surface area contributed by atoms with Crippen LogP contribution in [0, 0.1) is 5.92 Å². The van der Waals surface area contributed by atoms with Gasteiger partial charge in [-0.25, -0.2) is 4.68 Å². The van der Waals surface area contributed by atoms with Crippen LogP contribution in [0.25, 0.3) is 5.69 Å². The third-order valence-electron chi connectivity index (χ3n) is 4.99. The summed E-state index contributed by atoms with van der Waals surface area (Å²) in [6.45, 7) is 0.672. The van der Waals surface area contributed by atoms with Gasteiger partial charge < -0.3 is 4.90 Å². The highest BCUT2D eigenvalue weighted by Gasteiger charge is 2.31. The van der Waals surface area contributed by atoms with Crippen LogP contribution in [-0.4, -0.2) is 38.5 Å². The molecule has 0 radical (unpaired) electrons. The molecule has 1 saturated carbocycles. The number of thioether (sulfide) groups is 1. The van der Waals surface area contributed by atoms with Crippen LogP contribution in [0.1, 0.15) is 30.1 Å². The number of hydrogen-bond donors (Lipinski definition) is 0. The minimum absolute atomic E-state index is 0.0463. The van der Waals surface area contributed by atoms with Gasteiger partial charge in [0, 0.05) is 36.8 Å². The Morgan fingerprint density at radius 2 is 2.03 bits per heavy atom. The van der Waals surface area contributed by atoms with Crippen molar-refractivity contribution in [1.82, 2.24) is 19.7 Å². The average Bonchev–Trinajstić information content (AvgIpc) is 3.51. The second kappa shape index (κ2) is 8.97. The van der Waals surface area contributed by atoms with E-state index >= 15 is 0 Å². The molecule has 1 atom stereocenters. The highest BCUT2D eigenvalue weighted by Crippen LogP contribution is 2.36. The lowest BCUT2D eigenvalue weighted by Gasteiger charge is -2.24. The number of aromatic nitrogens is 4. The van der Waals surface area contributed by atoms with Gasteiger partial charge in [0.1, 0.15) is 5.69 Å². The van der Waals surface area contributed by atoms with E-state index in [0.717, 1.165) is 24.1 Å². The molecule has 29 heavy (non-hydrogen) atoms. The molecule has 0 N–H and O–H groups in total. The molecule has 4 rings (SSSR count). The second-order valence-electron chi connectivity index (χ2n) is 7.12. The molecule has 0 spiro atoms. The monoisotopic (exact) mass is 427 g/mol. The van der Waals surface area contributed by atoms with E-state index in [1.807, 2.05) is 42.9 Å². The summed E-state index contributed by atoms with van der Waals surface area (Å²) >= 11 is 8.12. The fourth-order valence-corrected chi connectivity index (χ4v) is 4.17. The summed E-state index contributed by atoms with van der Waals surface area (Å²) in [4.78, 5) is 23.5. The summed E-state index contributed by atoms with van der Waals surface area (Å²) in [7, 11) is 0. The maximum atomic E-state index is 13.3. The third-order valence-corrected chi connectivity index (χ3v) is 6.27. The van der Waals surface area contributed by atoms with Gasteiger partial charge in [-0.1, -0.05) is 17.7 Å². The van der Waals surface area contributed by atoms with Crippen LogP contribution in [0.4, 0.5) is 5.69 Å². The first kappa shape index (κ1) is 19.9. The molecule has 0 aliphatic heterocycles. The molecule has 0 bridgehead atoms. The van der Waals surface area contributed by atoms with E-state index in [1.54, 1.807) is 39.9 Å². The molecule has 3 aromatic heterocycles. The van der Waals surface area contributed by atoms with Crippen LogP contribution < -0.4 is 4.90 Å². The largest absolute Gasteiger partial charge is 0.308 e.